The molecule has 0 unspecified atom stereocenters. The average molecular weight is 353 g/mol. The molecule has 0 aliphatic carbocycles. The van der Waals surface area contributed by atoms with Crippen LogP contribution in [-0.4, -0.2) is 27.8 Å². The van der Waals surface area contributed by atoms with Crippen LogP contribution in [0.25, 0.3) is 11.5 Å². The second kappa shape index (κ2) is 7.76. The molecule has 3 aromatic rings. The topological polar surface area (TPSA) is 85.1 Å². The molecule has 7 heteroatoms. The quantitative estimate of drug-likeness (QED) is 0.710. The van der Waals surface area contributed by atoms with Gasteiger partial charge in [0, 0.05) is 11.1 Å². The fourth-order valence-electron chi connectivity index (χ4n) is 2.11. The van der Waals surface area contributed by atoms with Crippen LogP contribution in [0.4, 0.5) is 0 Å². The number of hydrogen-bond acceptors (Lipinski definition) is 6. The largest absolute Gasteiger partial charge is 0.411 e. The zero-order chi connectivity index (χ0) is 17.6. The van der Waals surface area contributed by atoms with E-state index in [4.69, 9.17) is 4.42 Å². The Morgan fingerprint density at radius 3 is 2.64 bits per heavy atom. The summed E-state index contributed by atoms with van der Waals surface area (Å²) in [6.45, 7) is 1.98. The fraction of sp³-hybridized carbons (Fsp3) is 0.111. The van der Waals surface area contributed by atoms with E-state index in [-0.39, 0.29) is 11.0 Å². The van der Waals surface area contributed by atoms with Crippen LogP contribution in [0, 0.1) is 6.92 Å². The first-order valence-electron chi connectivity index (χ1n) is 7.54. The van der Waals surface area contributed by atoms with E-state index >= 15 is 0 Å². The third-order valence-corrected chi connectivity index (χ3v) is 4.11. The fourth-order valence-corrected chi connectivity index (χ4v) is 2.68. The van der Waals surface area contributed by atoms with Crippen LogP contribution in [0.1, 0.15) is 15.9 Å². The minimum absolute atomic E-state index is 0.00796. The zero-order valence-electron chi connectivity index (χ0n) is 13.4. The Labute approximate surface area is 148 Å². The molecule has 3 rings (SSSR count). The van der Waals surface area contributed by atoms with E-state index in [2.05, 4.69) is 15.5 Å². The summed E-state index contributed by atoms with van der Waals surface area (Å²) in [5.41, 5.74) is 2.34. The van der Waals surface area contributed by atoms with Crippen molar-refractivity contribution in [3.63, 3.8) is 0 Å². The molecule has 0 aliphatic rings. The summed E-state index contributed by atoms with van der Waals surface area (Å²) in [5, 5.41) is 10.5. The van der Waals surface area contributed by atoms with Gasteiger partial charge >= 0.3 is 0 Å². The van der Waals surface area contributed by atoms with Crippen molar-refractivity contribution >= 4 is 23.6 Å². The van der Waals surface area contributed by atoms with Crippen LogP contribution in [0.3, 0.4) is 0 Å². The van der Waals surface area contributed by atoms with E-state index in [0.29, 0.717) is 11.5 Å². The predicted molar refractivity (Wildman–Crippen MR) is 94.1 cm³/mol. The van der Waals surface area contributed by atoms with Gasteiger partial charge in [-0.15, -0.1) is 10.2 Å². The van der Waals surface area contributed by atoms with Gasteiger partial charge in [0.15, 0.2) is 0 Å². The number of thioether (sulfide) groups is 1. The SMILES string of the molecule is Cc1cccc(-c2nnc(SCC(=O)NC(=O)c3ccccc3)o2)c1. The molecule has 1 aromatic heterocycles. The minimum Gasteiger partial charge on any atom is -0.411 e. The smallest absolute Gasteiger partial charge is 0.277 e. The number of amides is 2. The Hall–Kier alpha value is -2.93. The summed E-state index contributed by atoms with van der Waals surface area (Å²) in [4.78, 5) is 23.8. The van der Waals surface area contributed by atoms with Gasteiger partial charge in [-0.2, -0.15) is 0 Å². The molecule has 0 atom stereocenters. The van der Waals surface area contributed by atoms with E-state index in [1.54, 1.807) is 30.3 Å². The molecule has 25 heavy (non-hydrogen) atoms. The van der Waals surface area contributed by atoms with Crippen molar-refractivity contribution in [2.45, 2.75) is 12.1 Å². The second-order valence-corrected chi connectivity index (χ2v) is 6.20. The van der Waals surface area contributed by atoms with Crippen LogP contribution >= 0.6 is 11.8 Å². The first-order valence-corrected chi connectivity index (χ1v) is 8.53. The van der Waals surface area contributed by atoms with Crippen molar-refractivity contribution in [2.24, 2.45) is 0 Å². The lowest BCUT2D eigenvalue weighted by Crippen LogP contribution is -2.31. The van der Waals surface area contributed by atoms with Crippen molar-refractivity contribution in [2.75, 3.05) is 5.75 Å². The number of rotatable bonds is 5. The lowest BCUT2D eigenvalue weighted by Gasteiger charge is -2.02. The highest BCUT2D eigenvalue weighted by molar-refractivity contribution is 7.99. The van der Waals surface area contributed by atoms with E-state index in [1.165, 1.54) is 0 Å². The first-order chi connectivity index (χ1) is 12.1. The lowest BCUT2D eigenvalue weighted by molar-refractivity contribution is -0.117. The highest BCUT2D eigenvalue weighted by Gasteiger charge is 2.13. The summed E-state index contributed by atoms with van der Waals surface area (Å²) < 4.78 is 5.54. The molecule has 0 bridgehead atoms. The number of nitrogens with zero attached hydrogens (tertiary/aromatic N) is 2. The normalized spacial score (nSPS) is 10.4. The number of carbonyl (C=O) groups excluding carboxylic acids is 2. The van der Waals surface area contributed by atoms with E-state index in [0.717, 1.165) is 22.9 Å². The van der Waals surface area contributed by atoms with E-state index in [9.17, 15) is 9.59 Å². The minimum atomic E-state index is -0.433. The van der Waals surface area contributed by atoms with E-state index < -0.39 is 11.8 Å². The van der Waals surface area contributed by atoms with Crippen molar-refractivity contribution < 1.29 is 14.0 Å². The molecule has 0 fully saturated rings. The maximum absolute atomic E-state index is 11.9. The molecule has 0 radical (unpaired) electrons. The number of imide groups is 1. The second-order valence-electron chi connectivity index (χ2n) is 5.27. The van der Waals surface area contributed by atoms with Crippen LogP contribution in [0.5, 0.6) is 0 Å². The Morgan fingerprint density at radius 2 is 1.88 bits per heavy atom. The number of hydrogen-bond donors (Lipinski definition) is 1. The molecule has 6 nitrogen and oxygen atoms in total. The van der Waals surface area contributed by atoms with Gasteiger partial charge in [-0.1, -0.05) is 47.7 Å². The molecule has 1 heterocycles. The van der Waals surface area contributed by atoms with Crippen molar-refractivity contribution in [3.05, 3.63) is 65.7 Å². The van der Waals surface area contributed by atoms with Crippen LogP contribution in [-0.2, 0) is 4.79 Å². The molecule has 2 aromatic carbocycles. The molecule has 0 saturated carbocycles. The lowest BCUT2D eigenvalue weighted by atomic mass is 10.1. The Balaban J connectivity index is 1.55. The van der Waals surface area contributed by atoms with Crippen LogP contribution < -0.4 is 5.32 Å². The van der Waals surface area contributed by atoms with Gasteiger partial charge in [0.1, 0.15) is 0 Å². The number of aromatic nitrogens is 2. The zero-order valence-corrected chi connectivity index (χ0v) is 14.2. The third kappa shape index (κ3) is 4.54. The molecule has 0 saturated heterocycles. The molecule has 126 valence electrons. The highest BCUT2D eigenvalue weighted by Crippen LogP contribution is 2.23. The monoisotopic (exact) mass is 353 g/mol. The Bertz CT molecular complexity index is 893. The molecule has 1 N–H and O–H groups in total. The molecule has 0 spiro atoms. The Kier molecular flexibility index (Phi) is 5.25. The number of benzene rings is 2. The Morgan fingerprint density at radius 1 is 1.08 bits per heavy atom. The standard InChI is InChI=1S/C18H15N3O3S/c1-12-6-5-9-14(10-12)17-20-21-18(24-17)25-11-15(22)19-16(23)13-7-3-2-4-8-13/h2-10H,11H2,1H3,(H,19,22,23). The van der Waals surface area contributed by atoms with E-state index in [1.807, 2.05) is 31.2 Å². The van der Waals surface area contributed by atoms with Gasteiger partial charge in [0.2, 0.25) is 11.8 Å². The van der Waals surface area contributed by atoms with Crippen LogP contribution in [0.15, 0.2) is 64.2 Å². The van der Waals surface area contributed by atoms with Crippen molar-refractivity contribution in [1.82, 2.24) is 15.5 Å². The summed E-state index contributed by atoms with van der Waals surface area (Å²) in [5.74, 6) is -0.452. The molecule has 2 amide bonds. The van der Waals surface area contributed by atoms with Crippen molar-refractivity contribution in [3.8, 4) is 11.5 Å². The molecular formula is C18H15N3O3S. The summed E-state index contributed by atoms with van der Waals surface area (Å²) in [7, 11) is 0. The highest BCUT2D eigenvalue weighted by atomic mass is 32.2. The van der Waals surface area contributed by atoms with Gasteiger partial charge in [0.05, 0.1) is 5.75 Å². The third-order valence-electron chi connectivity index (χ3n) is 3.29. The van der Waals surface area contributed by atoms with Gasteiger partial charge in [0.25, 0.3) is 11.1 Å². The van der Waals surface area contributed by atoms with Gasteiger partial charge in [-0.05, 0) is 31.2 Å². The maximum Gasteiger partial charge on any atom is 0.277 e. The van der Waals surface area contributed by atoms with Crippen LogP contribution in [0.2, 0.25) is 0 Å². The predicted octanol–water partition coefficient (Wildman–Crippen LogP) is 3.09. The first kappa shape index (κ1) is 16.9. The number of carbonyl (C=O) groups is 2. The number of aryl methyl sites for hydroxylation is 1. The van der Waals surface area contributed by atoms with Gasteiger partial charge in [-0.25, -0.2) is 0 Å². The maximum atomic E-state index is 11.9. The van der Waals surface area contributed by atoms with Gasteiger partial charge < -0.3 is 4.42 Å². The molecular weight excluding hydrogens is 338 g/mol. The molecule has 0 aliphatic heterocycles. The summed E-state index contributed by atoms with van der Waals surface area (Å²) >= 11 is 1.08. The number of nitrogens with one attached hydrogen (secondary N) is 1. The van der Waals surface area contributed by atoms with Gasteiger partial charge in [-0.3, -0.25) is 14.9 Å². The van der Waals surface area contributed by atoms with Crippen molar-refractivity contribution in [1.29, 1.82) is 0 Å². The summed E-state index contributed by atoms with van der Waals surface area (Å²) in [6, 6.07) is 16.2. The average Bonchev–Trinajstić information content (AvgIpc) is 3.10. The summed E-state index contributed by atoms with van der Waals surface area (Å²) in [6.07, 6.45) is 0.